The Hall–Kier alpha value is -2.96. The van der Waals surface area contributed by atoms with Crippen LogP contribution in [0.25, 0.3) is 5.69 Å². The number of benzene rings is 2. The summed E-state index contributed by atoms with van der Waals surface area (Å²) in [6.07, 6.45) is 4.51. The minimum absolute atomic E-state index is 0.0772. The smallest absolute Gasteiger partial charge is 0.241 e. The molecule has 2 unspecified atom stereocenters. The van der Waals surface area contributed by atoms with Gasteiger partial charge in [-0.2, -0.15) is 5.10 Å². The third kappa shape index (κ3) is 3.92. The summed E-state index contributed by atoms with van der Waals surface area (Å²) in [5.41, 5.74) is 9.57. The molecule has 1 fully saturated rings. The van der Waals surface area contributed by atoms with E-state index >= 15 is 0 Å². The van der Waals surface area contributed by atoms with Gasteiger partial charge in [-0.25, -0.2) is 15.5 Å². The van der Waals surface area contributed by atoms with Gasteiger partial charge in [0.05, 0.1) is 11.9 Å². The Morgan fingerprint density at radius 3 is 2.56 bits per heavy atom. The predicted molar refractivity (Wildman–Crippen MR) is 104 cm³/mol. The highest BCUT2D eigenvalue weighted by atomic mass is 16.2. The monoisotopic (exact) mass is 361 g/mol. The van der Waals surface area contributed by atoms with Crippen molar-refractivity contribution >= 4 is 5.91 Å². The Balaban J connectivity index is 1.37. The summed E-state index contributed by atoms with van der Waals surface area (Å²) >= 11 is 0. The quantitative estimate of drug-likeness (QED) is 0.733. The number of likely N-dealkylation sites (N-methyl/N-ethyl adjacent to an activating group) is 1. The maximum atomic E-state index is 12.8. The van der Waals surface area contributed by atoms with Gasteiger partial charge in [-0.1, -0.05) is 48.5 Å². The number of nitrogens with one attached hydrogen (secondary N) is 2. The lowest BCUT2D eigenvalue weighted by atomic mass is 10.0. The van der Waals surface area contributed by atoms with E-state index in [9.17, 15) is 4.79 Å². The Labute approximate surface area is 158 Å². The molecule has 0 saturated carbocycles. The molecule has 1 amide bonds. The normalized spacial score (nSPS) is 19.1. The average Bonchev–Trinajstić information content (AvgIpc) is 3.39. The molecule has 3 aromatic rings. The van der Waals surface area contributed by atoms with Crippen LogP contribution >= 0.6 is 0 Å². The first-order valence-electron chi connectivity index (χ1n) is 9.10. The fourth-order valence-electron chi connectivity index (χ4n) is 3.40. The topological polar surface area (TPSA) is 62.2 Å². The minimum Gasteiger partial charge on any atom is -0.340 e. The Morgan fingerprint density at radius 1 is 1.11 bits per heavy atom. The van der Waals surface area contributed by atoms with Gasteiger partial charge in [0.25, 0.3) is 0 Å². The molecule has 0 spiro atoms. The summed E-state index contributed by atoms with van der Waals surface area (Å²) in [5, 5.41) is 4.40. The van der Waals surface area contributed by atoms with E-state index < -0.39 is 0 Å². The molecule has 0 bridgehead atoms. The predicted octanol–water partition coefficient (Wildman–Crippen LogP) is 2.44. The Morgan fingerprint density at radius 2 is 1.81 bits per heavy atom. The van der Waals surface area contributed by atoms with Crippen molar-refractivity contribution in [2.24, 2.45) is 0 Å². The lowest BCUT2D eigenvalue weighted by Gasteiger charge is -2.20. The first-order chi connectivity index (χ1) is 13.2. The van der Waals surface area contributed by atoms with Crippen molar-refractivity contribution in [3.05, 3.63) is 84.2 Å². The Kier molecular flexibility index (Phi) is 5.00. The second-order valence-electron chi connectivity index (χ2n) is 6.86. The van der Waals surface area contributed by atoms with Crippen LogP contribution in [0.5, 0.6) is 0 Å². The molecule has 4 rings (SSSR count). The van der Waals surface area contributed by atoms with E-state index in [0.717, 1.165) is 17.7 Å². The van der Waals surface area contributed by atoms with E-state index in [1.54, 1.807) is 4.90 Å². The van der Waals surface area contributed by atoms with Gasteiger partial charge in [-0.15, -0.1) is 0 Å². The molecule has 1 aliphatic rings. The molecule has 27 heavy (non-hydrogen) atoms. The highest BCUT2D eigenvalue weighted by Crippen LogP contribution is 2.23. The molecule has 2 N–H and O–H groups in total. The molecule has 1 aromatic heterocycles. The van der Waals surface area contributed by atoms with Crippen LogP contribution in [0.2, 0.25) is 0 Å². The number of nitrogens with zero attached hydrogens (tertiary/aromatic N) is 3. The molecule has 2 atom stereocenters. The van der Waals surface area contributed by atoms with Crippen LogP contribution in [0.3, 0.4) is 0 Å². The molecule has 0 radical (unpaired) electrons. The zero-order chi connectivity index (χ0) is 18.6. The van der Waals surface area contributed by atoms with Gasteiger partial charge in [0, 0.05) is 31.4 Å². The lowest BCUT2D eigenvalue weighted by Crippen LogP contribution is -2.43. The van der Waals surface area contributed by atoms with E-state index in [4.69, 9.17) is 0 Å². The summed E-state index contributed by atoms with van der Waals surface area (Å²) in [7, 11) is 1.83. The summed E-state index contributed by atoms with van der Waals surface area (Å²) in [4.78, 5) is 14.5. The summed E-state index contributed by atoms with van der Waals surface area (Å²) < 4.78 is 1.83. The van der Waals surface area contributed by atoms with Gasteiger partial charge in [0.15, 0.2) is 0 Å². The van der Waals surface area contributed by atoms with Crippen LogP contribution in [0.4, 0.5) is 0 Å². The average molecular weight is 361 g/mol. The van der Waals surface area contributed by atoms with Gasteiger partial charge < -0.3 is 4.90 Å². The zero-order valence-corrected chi connectivity index (χ0v) is 15.2. The van der Waals surface area contributed by atoms with Crippen LogP contribution in [0, 0.1) is 0 Å². The largest absolute Gasteiger partial charge is 0.340 e. The van der Waals surface area contributed by atoms with Crippen molar-refractivity contribution in [3.8, 4) is 5.69 Å². The molecule has 2 aromatic carbocycles. The van der Waals surface area contributed by atoms with Crippen molar-refractivity contribution in [2.45, 2.75) is 25.0 Å². The summed E-state index contributed by atoms with van der Waals surface area (Å²) in [6.45, 7) is 0.528. The highest BCUT2D eigenvalue weighted by molar-refractivity contribution is 5.82. The maximum absolute atomic E-state index is 12.8. The van der Waals surface area contributed by atoms with E-state index in [0.29, 0.717) is 6.54 Å². The number of hydrogen-bond acceptors (Lipinski definition) is 4. The third-order valence-corrected chi connectivity index (χ3v) is 4.86. The molecule has 6 nitrogen and oxygen atoms in total. The van der Waals surface area contributed by atoms with E-state index in [1.165, 1.54) is 5.56 Å². The number of hydrazine groups is 1. The summed E-state index contributed by atoms with van der Waals surface area (Å²) in [5.74, 6) is 0.0772. The van der Waals surface area contributed by atoms with Gasteiger partial charge >= 0.3 is 0 Å². The van der Waals surface area contributed by atoms with E-state index in [1.807, 2.05) is 72.7 Å². The van der Waals surface area contributed by atoms with E-state index in [-0.39, 0.29) is 18.0 Å². The van der Waals surface area contributed by atoms with Crippen LogP contribution in [0.15, 0.2) is 73.1 Å². The lowest BCUT2D eigenvalue weighted by molar-refractivity contribution is -0.132. The number of para-hydroxylation sites is 1. The molecular weight excluding hydrogens is 338 g/mol. The fourth-order valence-corrected chi connectivity index (χ4v) is 3.40. The maximum Gasteiger partial charge on any atom is 0.241 e. The number of carbonyl (C=O) groups excluding carboxylic acids is 1. The van der Waals surface area contributed by atoms with Gasteiger partial charge in [-0.05, 0) is 24.1 Å². The number of aromatic nitrogens is 2. The number of hydrogen-bond donors (Lipinski definition) is 2. The van der Waals surface area contributed by atoms with Crippen LogP contribution in [0.1, 0.15) is 23.6 Å². The number of amides is 1. The molecule has 1 aliphatic heterocycles. The van der Waals surface area contributed by atoms with Crippen molar-refractivity contribution in [1.29, 1.82) is 0 Å². The highest BCUT2D eigenvalue weighted by Gasteiger charge is 2.31. The first-order valence-corrected chi connectivity index (χ1v) is 9.10. The van der Waals surface area contributed by atoms with E-state index in [2.05, 4.69) is 28.1 Å². The molecule has 2 heterocycles. The SMILES string of the molecule is CN(Cc1cnn(-c2ccccc2)c1)C(=O)C1CC(c2ccccc2)NN1. The zero-order valence-electron chi connectivity index (χ0n) is 15.2. The van der Waals surface area contributed by atoms with Crippen LogP contribution in [-0.4, -0.2) is 33.7 Å². The second-order valence-corrected chi connectivity index (χ2v) is 6.86. The standard InChI is InChI=1S/C21H23N5O/c1-25(14-16-13-22-26(15-16)18-10-6-3-7-11-18)21(27)20-12-19(23-24-20)17-8-4-2-5-9-17/h2-11,13,15,19-20,23-24H,12,14H2,1H3. The minimum atomic E-state index is -0.232. The van der Waals surface area contributed by atoms with Gasteiger partial charge in [0.1, 0.15) is 6.04 Å². The molecule has 1 saturated heterocycles. The molecular formula is C21H23N5O. The van der Waals surface area contributed by atoms with Crippen LogP contribution < -0.4 is 10.9 Å². The first kappa shape index (κ1) is 17.5. The van der Waals surface area contributed by atoms with Crippen molar-refractivity contribution in [1.82, 2.24) is 25.5 Å². The van der Waals surface area contributed by atoms with Gasteiger partial charge in [0.2, 0.25) is 5.91 Å². The Bertz CT molecular complexity index is 893. The fraction of sp³-hybridized carbons (Fsp3) is 0.238. The van der Waals surface area contributed by atoms with Crippen molar-refractivity contribution in [2.75, 3.05) is 7.05 Å². The van der Waals surface area contributed by atoms with Crippen molar-refractivity contribution in [3.63, 3.8) is 0 Å². The van der Waals surface area contributed by atoms with Gasteiger partial charge in [-0.3, -0.25) is 4.79 Å². The summed E-state index contributed by atoms with van der Waals surface area (Å²) in [6, 6.07) is 20.0. The molecule has 6 heteroatoms. The van der Waals surface area contributed by atoms with Crippen molar-refractivity contribution < 1.29 is 4.79 Å². The third-order valence-electron chi connectivity index (χ3n) is 4.86. The van der Waals surface area contributed by atoms with Crippen LogP contribution in [-0.2, 0) is 11.3 Å². The second kappa shape index (κ2) is 7.73. The number of carbonyl (C=O) groups is 1. The number of rotatable bonds is 5. The molecule has 0 aliphatic carbocycles. The molecule has 138 valence electrons.